The largest absolute Gasteiger partial charge is 0.315 e. The number of hydroxylamine groups is 1. The van der Waals surface area contributed by atoms with Crippen LogP contribution < -0.4 is 10.4 Å². The molecule has 1 N–H and O–H groups in total. The van der Waals surface area contributed by atoms with E-state index in [1.54, 1.807) is 4.90 Å². The van der Waals surface area contributed by atoms with Crippen LogP contribution >= 0.6 is 0 Å². The first-order valence-electron chi connectivity index (χ1n) is 7.10. The number of hydrogen-bond donors (Lipinski definition) is 1. The van der Waals surface area contributed by atoms with Crippen molar-refractivity contribution in [1.82, 2.24) is 5.48 Å². The number of nitrogens with one attached hydrogen (secondary N) is 1. The monoisotopic (exact) mass is 280 g/mol. The SMILES string of the molecule is CN1C(=O)[C@@H]2[C@@H](c3ccccc3)ON[C@H]2c2ccccc21. The van der Waals surface area contributed by atoms with Gasteiger partial charge in [-0.3, -0.25) is 9.63 Å². The van der Waals surface area contributed by atoms with Gasteiger partial charge in [-0.05, 0) is 17.2 Å². The lowest BCUT2D eigenvalue weighted by Gasteiger charge is -2.34. The average Bonchev–Trinajstić information content (AvgIpc) is 2.99. The molecule has 0 bridgehead atoms. The minimum atomic E-state index is -0.250. The van der Waals surface area contributed by atoms with Gasteiger partial charge in [-0.15, -0.1) is 0 Å². The van der Waals surface area contributed by atoms with Crippen LogP contribution in [-0.2, 0) is 9.63 Å². The molecular weight excluding hydrogens is 264 g/mol. The number of amides is 1. The van der Waals surface area contributed by atoms with E-state index in [4.69, 9.17) is 4.84 Å². The number of fused-ring (bicyclic) bond motifs is 3. The van der Waals surface area contributed by atoms with Crippen molar-refractivity contribution in [3.05, 3.63) is 65.7 Å². The molecule has 2 aromatic rings. The lowest BCUT2D eigenvalue weighted by atomic mass is 9.82. The van der Waals surface area contributed by atoms with Crippen LogP contribution in [0.15, 0.2) is 54.6 Å². The fourth-order valence-electron chi connectivity index (χ4n) is 3.31. The second-order valence-electron chi connectivity index (χ2n) is 5.53. The first kappa shape index (κ1) is 12.6. The Morgan fingerprint density at radius 3 is 2.57 bits per heavy atom. The maximum absolute atomic E-state index is 12.8. The Morgan fingerprint density at radius 2 is 1.76 bits per heavy atom. The summed E-state index contributed by atoms with van der Waals surface area (Å²) in [6, 6.07) is 17.8. The molecule has 4 rings (SSSR count). The molecule has 21 heavy (non-hydrogen) atoms. The van der Waals surface area contributed by atoms with Gasteiger partial charge in [0, 0.05) is 12.7 Å². The van der Waals surface area contributed by atoms with Gasteiger partial charge in [-0.1, -0.05) is 48.5 Å². The molecule has 2 aliphatic rings. The topological polar surface area (TPSA) is 41.6 Å². The summed E-state index contributed by atoms with van der Waals surface area (Å²) >= 11 is 0. The minimum absolute atomic E-state index is 0.0879. The Bertz CT molecular complexity index is 686. The van der Waals surface area contributed by atoms with Gasteiger partial charge in [-0.2, -0.15) is 5.48 Å². The van der Waals surface area contributed by atoms with E-state index in [2.05, 4.69) is 11.5 Å². The van der Waals surface area contributed by atoms with Crippen LogP contribution in [0.4, 0.5) is 5.69 Å². The molecule has 0 saturated carbocycles. The number of anilines is 1. The second kappa shape index (κ2) is 4.69. The third-order valence-corrected chi connectivity index (χ3v) is 4.38. The maximum atomic E-state index is 12.8. The standard InChI is InChI=1S/C17H16N2O2/c1-19-13-10-6-5-9-12(13)15-14(17(19)20)16(21-18-15)11-7-3-2-4-8-11/h2-10,14-16,18H,1H3/t14-,15-,16+/m0/s1. The van der Waals surface area contributed by atoms with Crippen LogP contribution in [0.1, 0.15) is 23.3 Å². The number of benzene rings is 2. The Balaban J connectivity index is 1.79. The lowest BCUT2D eigenvalue weighted by molar-refractivity contribution is -0.124. The van der Waals surface area contributed by atoms with Crippen molar-refractivity contribution in [3.63, 3.8) is 0 Å². The van der Waals surface area contributed by atoms with Crippen LogP contribution in [0.2, 0.25) is 0 Å². The maximum Gasteiger partial charge on any atom is 0.234 e. The Kier molecular flexibility index (Phi) is 2.80. The van der Waals surface area contributed by atoms with E-state index in [0.717, 1.165) is 16.8 Å². The number of rotatable bonds is 1. The van der Waals surface area contributed by atoms with Crippen LogP contribution in [0, 0.1) is 5.92 Å². The molecule has 2 heterocycles. The number of carbonyl (C=O) groups is 1. The van der Waals surface area contributed by atoms with Gasteiger partial charge in [0.05, 0.1) is 12.0 Å². The Morgan fingerprint density at radius 1 is 1.05 bits per heavy atom. The van der Waals surface area contributed by atoms with Gasteiger partial charge in [0.25, 0.3) is 0 Å². The summed E-state index contributed by atoms with van der Waals surface area (Å²) in [5.41, 5.74) is 6.16. The molecule has 1 saturated heterocycles. The van der Waals surface area contributed by atoms with Gasteiger partial charge in [0.1, 0.15) is 6.10 Å². The molecule has 0 aliphatic carbocycles. The highest BCUT2D eigenvalue weighted by atomic mass is 16.7. The molecule has 106 valence electrons. The summed E-state index contributed by atoms with van der Waals surface area (Å²) in [6.45, 7) is 0. The summed E-state index contributed by atoms with van der Waals surface area (Å²) < 4.78 is 0. The molecule has 0 radical (unpaired) electrons. The lowest BCUT2D eigenvalue weighted by Crippen LogP contribution is -2.42. The zero-order chi connectivity index (χ0) is 14.4. The zero-order valence-corrected chi connectivity index (χ0v) is 11.7. The van der Waals surface area contributed by atoms with Gasteiger partial charge in [0.2, 0.25) is 5.91 Å². The number of nitrogens with zero attached hydrogens (tertiary/aromatic N) is 1. The third-order valence-electron chi connectivity index (χ3n) is 4.38. The summed E-state index contributed by atoms with van der Waals surface area (Å²) in [5.74, 6) is -0.134. The summed E-state index contributed by atoms with van der Waals surface area (Å²) in [7, 11) is 1.83. The molecule has 2 aromatic carbocycles. The fraction of sp³-hybridized carbons (Fsp3) is 0.235. The minimum Gasteiger partial charge on any atom is -0.315 e. The molecule has 1 fully saturated rings. The van der Waals surface area contributed by atoms with Crippen LogP contribution in [0.5, 0.6) is 0 Å². The highest BCUT2D eigenvalue weighted by Gasteiger charge is 2.49. The van der Waals surface area contributed by atoms with Gasteiger partial charge >= 0.3 is 0 Å². The van der Waals surface area contributed by atoms with E-state index in [1.807, 2.05) is 55.6 Å². The van der Waals surface area contributed by atoms with Crippen LogP contribution in [-0.4, -0.2) is 13.0 Å². The van der Waals surface area contributed by atoms with E-state index in [-0.39, 0.29) is 24.0 Å². The average molecular weight is 280 g/mol. The summed E-state index contributed by atoms with van der Waals surface area (Å²) in [4.78, 5) is 20.3. The highest BCUT2D eigenvalue weighted by molar-refractivity contribution is 5.99. The van der Waals surface area contributed by atoms with E-state index in [9.17, 15) is 4.79 Å². The predicted octanol–water partition coefficient (Wildman–Crippen LogP) is 2.60. The van der Waals surface area contributed by atoms with Crippen molar-refractivity contribution in [2.45, 2.75) is 12.1 Å². The molecular formula is C17H16N2O2. The number of hydrogen-bond acceptors (Lipinski definition) is 3. The third kappa shape index (κ3) is 1.80. The van der Waals surface area contributed by atoms with Crippen molar-refractivity contribution in [1.29, 1.82) is 0 Å². The fourth-order valence-corrected chi connectivity index (χ4v) is 3.31. The van der Waals surface area contributed by atoms with Crippen molar-refractivity contribution < 1.29 is 9.63 Å². The first-order valence-corrected chi connectivity index (χ1v) is 7.10. The van der Waals surface area contributed by atoms with E-state index < -0.39 is 0 Å². The molecule has 3 atom stereocenters. The normalized spacial score (nSPS) is 27.4. The van der Waals surface area contributed by atoms with Crippen molar-refractivity contribution in [2.75, 3.05) is 11.9 Å². The van der Waals surface area contributed by atoms with Gasteiger partial charge in [0.15, 0.2) is 0 Å². The summed E-state index contributed by atoms with van der Waals surface area (Å²) in [6.07, 6.45) is -0.250. The van der Waals surface area contributed by atoms with Crippen molar-refractivity contribution in [3.8, 4) is 0 Å². The predicted molar refractivity (Wildman–Crippen MR) is 79.5 cm³/mol. The number of carbonyl (C=O) groups excluding carboxylic acids is 1. The van der Waals surface area contributed by atoms with E-state index >= 15 is 0 Å². The van der Waals surface area contributed by atoms with E-state index in [0.29, 0.717) is 0 Å². The Hall–Kier alpha value is -2.17. The molecule has 0 aromatic heterocycles. The molecule has 4 nitrogen and oxygen atoms in total. The van der Waals surface area contributed by atoms with E-state index in [1.165, 1.54) is 0 Å². The smallest absolute Gasteiger partial charge is 0.234 e. The molecule has 2 aliphatic heterocycles. The van der Waals surface area contributed by atoms with Crippen LogP contribution in [0.25, 0.3) is 0 Å². The second-order valence-corrected chi connectivity index (χ2v) is 5.53. The molecule has 4 heteroatoms. The van der Waals surface area contributed by atoms with Gasteiger partial charge in [-0.25, -0.2) is 0 Å². The van der Waals surface area contributed by atoms with Crippen molar-refractivity contribution >= 4 is 11.6 Å². The zero-order valence-electron chi connectivity index (χ0n) is 11.7. The molecule has 1 amide bonds. The highest BCUT2D eigenvalue weighted by Crippen LogP contribution is 2.47. The van der Waals surface area contributed by atoms with Gasteiger partial charge < -0.3 is 4.90 Å². The van der Waals surface area contributed by atoms with Crippen molar-refractivity contribution in [2.24, 2.45) is 5.92 Å². The molecule has 0 spiro atoms. The quantitative estimate of drug-likeness (QED) is 0.873. The molecule has 0 unspecified atom stereocenters. The summed E-state index contributed by atoms with van der Waals surface area (Å²) in [5, 5.41) is 0. The van der Waals surface area contributed by atoms with Crippen LogP contribution in [0.3, 0.4) is 0 Å². The Labute approximate surface area is 123 Å². The first-order chi connectivity index (χ1) is 10.3. The number of para-hydroxylation sites is 1.